The van der Waals surface area contributed by atoms with Crippen LogP contribution in [0.15, 0.2) is 41.8 Å². The van der Waals surface area contributed by atoms with Crippen molar-refractivity contribution in [2.24, 2.45) is 0 Å². The molecule has 1 heterocycles. The van der Waals surface area contributed by atoms with Gasteiger partial charge >= 0.3 is 0 Å². The molecule has 8 heteroatoms. The van der Waals surface area contributed by atoms with Crippen molar-refractivity contribution in [2.75, 3.05) is 25.1 Å². The SMILES string of the molecule is C=CC(c1ccc(S(C)(=O)=O)cc1)S(=O)(=O)CCC1(F)CCNCC1. The Morgan fingerprint density at radius 3 is 2.24 bits per heavy atom. The van der Waals surface area contributed by atoms with Crippen molar-refractivity contribution >= 4 is 19.7 Å². The highest BCUT2D eigenvalue weighted by molar-refractivity contribution is 7.91. The van der Waals surface area contributed by atoms with Crippen molar-refractivity contribution in [1.29, 1.82) is 0 Å². The topological polar surface area (TPSA) is 80.3 Å². The fraction of sp³-hybridized carbons (Fsp3) is 0.529. The number of alkyl halides is 1. The minimum absolute atomic E-state index is 0.0389. The Morgan fingerprint density at radius 2 is 1.76 bits per heavy atom. The fourth-order valence-corrected chi connectivity index (χ4v) is 5.37. The Balaban J connectivity index is 2.16. The summed E-state index contributed by atoms with van der Waals surface area (Å²) in [6.07, 6.45) is 2.97. The molecule has 0 aliphatic carbocycles. The highest BCUT2D eigenvalue weighted by Crippen LogP contribution is 2.31. The second-order valence-electron chi connectivity index (χ2n) is 6.52. The Kier molecular flexibility index (Phi) is 6.06. The predicted molar refractivity (Wildman–Crippen MR) is 96.8 cm³/mol. The van der Waals surface area contributed by atoms with E-state index in [1.165, 1.54) is 30.3 Å². The van der Waals surface area contributed by atoms with Gasteiger partial charge in [-0.15, -0.1) is 6.58 Å². The standard InChI is InChI=1S/C17H24FNO4S2/c1-3-16(14-4-6-15(7-5-14)24(2,20)21)25(22,23)13-10-17(18)8-11-19-12-9-17/h3-7,16,19H,1,8-13H2,2H3. The summed E-state index contributed by atoms with van der Waals surface area (Å²) in [5, 5.41) is 2.08. The average molecular weight is 390 g/mol. The van der Waals surface area contributed by atoms with Crippen LogP contribution < -0.4 is 5.32 Å². The first-order chi connectivity index (χ1) is 11.6. The summed E-state index contributed by atoms with van der Waals surface area (Å²) in [7, 11) is -6.99. The van der Waals surface area contributed by atoms with Gasteiger partial charge in [-0.25, -0.2) is 21.2 Å². The molecule has 1 unspecified atom stereocenters. The normalized spacial score (nSPS) is 19.3. The molecule has 2 rings (SSSR count). The lowest BCUT2D eigenvalue weighted by Gasteiger charge is -2.30. The van der Waals surface area contributed by atoms with Gasteiger partial charge < -0.3 is 5.32 Å². The Bertz CT molecular complexity index is 811. The van der Waals surface area contributed by atoms with E-state index in [1.807, 2.05) is 0 Å². The molecule has 1 atom stereocenters. The molecule has 0 bridgehead atoms. The van der Waals surface area contributed by atoms with E-state index in [0.29, 0.717) is 31.5 Å². The second-order valence-corrected chi connectivity index (χ2v) is 10.8. The first-order valence-electron chi connectivity index (χ1n) is 8.11. The fourth-order valence-electron chi connectivity index (χ4n) is 2.97. The molecule has 1 aliphatic rings. The van der Waals surface area contributed by atoms with Crippen LogP contribution in [0.2, 0.25) is 0 Å². The van der Waals surface area contributed by atoms with Crippen molar-refractivity contribution in [3.05, 3.63) is 42.5 Å². The van der Waals surface area contributed by atoms with Crippen LogP contribution in [0.3, 0.4) is 0 Å². The number of benzene rings is 1. The number of nitrogens with one attached hydrogen (secondary N) is 1. The number of hydrogen-bond acceptors (Lipinski definition) is 5. The molecule has 1 aliphatic heterocycles. The minimum Gasteiger partial charge on any atom is -0.316 e. The van der Waals surface area contributed by atoms with E-state index in [2.05, 4.69) is 11.9 Å². The van der Waals surface area contributed by atoms with Crippen molar-refractivity contribution in [3.8, 4) is 0 Å². The number of rotatable bonds is 7. The van der Waals surface area contributed by atoms with E-state index in [0.717, 1.165) is 6.26 Å². The summed E-state index contributed by atoms with van der Waals surface area (Å²) in [5.74, 6) is -0.270. The molecule has 0 amide bonds. The van der Waals surface area contributed by atoms with Gasteiger partial charge in [-0.2, -0.15) is 0 Å². The number of sulfone groups is 2. The maximum Gasteiger partial charge on any atom is 0.175 e. The largest absolute Gasteiger partial charge is 0.316 e. The molecule has 0 saturated carbocycles. The van der Waals surface area contributed by atoms with Gasteiger partial charge in [-0.3, -0.25) is 0 Å². The summed E-state index contributed by atoms with van der Waals surface area (Å²) >= 11 is 0. The van der Waals surface area contributed by atoms with E-state index >= 15 is 0 Å². The molecule has 1 aromatic carbocycles. The van der Waals surface area contributed by atoms with Gasteiger partial charge in [0.1, 0.15) is 10.9 Å². The lowest BCUT2D eigenvalue weighted by atomic mass is 9.92. The maximum absolute atomic E-state index is 14.7. The molecular formula is C17H24FNO4S2. The molecule has 0 radical (unpaired) electrons. The van der Waals surface area contributed by atoms with Gasteiger partial charge in [0.25, 0.3) is 0 Å². The Hall–Kier alpha value is -1.25. The molecular weight excluding hydrogens is 365 g/mol. The summed E-state index contributed by atoms with van der Waals surface area (Å²) in [5.41, 5.74) is -1.02. The van der Waals surface area contributed by atoms with Crippen LogP contribution in [-0.4, -0.2) is 47.6 Å². The van der Waals surface area contributed by atoms with Gasteiger partial charge in [0.2, 0.25) is 0 Å². The zero-order chi connectivity index (χ0) is 18.7. The van der Waals surface area contributed by atoms with Gasteiger partial charge in [0.15, 0.2) is 19.7 Å². The zero-order valence-electron chi connectivity index (χ0n) is 14.2. The monoisotopic (exact) mass is 389 g/mol. The molecule has 1 saturated heterocycles. The van der Waals surface area contributed by atoms with Crippen LogP contribution >= 0.6 is 0 Å². The molecule has 1 aromatic rings. The predicted octanol–water partition coefficient (Wildman–Crippen LogP) is 2.21. The van der Waals surface area contributed by atoms with Crippen LogP contribution in [0, 0.1) is 0 Å². The third-order valence-electron chi connectivity index (χ3n) is 4.57. The second kappa shape index (κ2) is 7.55. The van der Waals surface area contributed by atoms with Crippen molar-refractivity contribution in [3.63, 3.8) is 0 Å². The Morgan fingerprint density at radius 1 is 1.20 bits per heavy atom. The number of hydrogen-bond donors (Lipinski definition) is 1. The van der Waals surface area contributed by atoms with Crippen LogP contribution in [0.4, 0.5) is 4.39 Å². The number of piperidine rings is 1. The Labute approximate surface area is 149 Å². The molecule has 5 nitrogen and oxygen atoms in total. The average Bonchev–Trinajstić information content (AvgIpc) is 2.54. The van der Waals surface area contributed by atoms with Crippen molar-refractivity contribution in [1.82, 2.24) is 5.32 Å². The van der Waals surface area contributed by atoms with Gasteiger partial charge in [-0.1, -0.05) is 18.2 Å². The summed E-state index contributed by atoms with van der Waals surface area (Å²) in [4.78, 5) is 0.119. The summed E-state index contributed by atoms with van der Waals surface area (Å²) < 4.78 is 63.0. The molecule has 25 heavy (non-hydrogen) atoms. The van der Waals surface area contributed by atoms with Gasteiger partial charge in [0, 0.05) is 6.26 Å². The minimum atomic E-state index is -3.64. The highest BCUT2D eigenvalue weighted by atomic mass is 32.2. The molecule has 1 fully saturated rings. The van der Waals surface area contributed by atoms with Crippen LogP contribution in [-0.2, 0) is 19.7 Å². The van der Waals surface area contributed by atoms with E-state index in [1.54, 1.807) is 0 Å². The molecule has 0 aromatic heterocycles. The summed E-state index contributed by atoms with van der Waals surface area (Å²) in [6, 6.07) is 5.69. The smallest absolute Gasteiger partial charge is 0.175 e. The third kappa shape index (κ3) is 5.12. The molecule has 0 spiro atoms. The lowest BCUT2D eigenvalue weighted by molar-refractivity contribution is 0.112. The van der Waals surface area contributed by atoms with Crippen molar-refractivity contribution in [2.45, 2.75) is 35.1 Å². The van der Waals surface area contributed by atoms with Crippen LogP contribution in [0.1, 0.15) is 30.1 Å². The van der Waals surface area contributed by atoms with Crippen LogP contribution in [0.25, 0.3) is 0 Å². The van der Waals surface area contributed by atoms with Crippen molar-refractivity contribution < 1.29 is 21.2 Å². The van der Waals surface area contributed by atoms with E-state index in [9.17, 15) is 21.2 Å². The highest BCUT2D eigenvalue weighted by Gasteiger charge is 2.35. The molecule has 1 N–H and O–H groups in total. The quantitative estimate of drug-likeness (QED) is 0.723. The third-order valence-corrected chi connectivity index (χ3v) is 7.71. The van der Waals surface area contributed by atoms with Gasteiger partial charge in [0.05, 0.1) is 10.6 Å². The maximum atomic E-state index is 14.7. The first-order valence-corrected chi connectivity index (χ1v) is 11.7. The van der Waals surface area contributed by atoms with Gasteiger partial charge in [-0.05, 0) is 50.0 Å². The first kappa shape index (κ1) is 20.1. The van der Waals surface area contributed by atoms with E-state index < -0.39 is 30.6 Å². The molecule has 140 valence electrons. The van der Waals surface area contributed by atoms with Crippen LogP contribution in [0.5, 0.6) is 0 Å². The summed E-state index contributed by atoms with van der Waals surface area (Å²) in [6.45, 7) is 4.69. The van der Waals surface area contributed by atoms with E-state index in [4.69, 9.17) is 0 Å². The lowest BCUT2D eigenvalue weighted by Crippen LogP contribution is -2.40. The van der Waals surface area contributed by atoms with E-state index in [-0.39, 0.29) is 17.1 Å². The number of halogens is 1. The zero-order valence-corrected chi connectivity index (χ0v) is 15.9.